The summed E-state index contributed by atoms with van der Waals surface area (Å²) in [5.74, 6) is 0.308. The molecule has 1 aliphatic rings. The lowest BCUT2D eigenvalue weighted by Gasteiger charge is -2.34. The van der Waals surface area contributed by atoms with E-state index in [1.807, 2.05) is 39.0 Å². The summed E-state index contributed by atoms with van der Waals surface area (Å²) in [6.45, 7) is 6.73. The number of morpholine rings is 1. The van der Waals surface area contributed by atoms with Gasteiger partial charge in [0.05, 0.1) is 28.4 Å². The SMILES string of the molecule is CCOc1cccc2sc(NC(=O)c3ccc(S(=O)(=O)N4C[C@@H](C)O[C@@H](C)C4)cc3)nc12. The second kappa shape index (κ2) is 9.14. The number of sulfonamides is 1. The molecular weight excluding hydrogens is 450 g/mol. The predicted octanol–water partition coefficient (Wildman–Crippen LogP) is 3.75. The maximum absolute atomic E-state index is 13.0. The lowest BCUT2D eigenvalue weighted by atomic mass is 10.2. The number of hydrogen-bond donors (Lipinski definition) is 1. The number of fused-ring (bicyclic) bond motifs is 1. The van der Waals surface area contributed by atoms with Gasteiger partial charge in [-0.05, 0) is 57.2 Å². The van der Waals surface area contributed by atoms with Crippen molar-refractivity contribution in [3.05, 3.63) is 48.0 Å². The molecule has 0 bridgehead atoms. The topological polar surface area (TPSA) is 97.8 Å². The number of benzene rings is 2. The molecule has 1 aliphatic heterocycles. The Kier molecular flexibility index (Phi) is 6.47. The highest BCUT2D eigenvalue weighted by Crippen LogP contribution is 2.32. The van der Waals surface area contributed by atoms with E-state index < -0.39 is 10.0 Å². The third-order valence-corrected chi connectivity index (χ3v) is 7.82. The number of nitrogens with one attached hydrogen (secondary N) is 1. The Labute approximate surface area is 191 Å². The first-order valence-corrected chi connectivity index (χ1v) is 12.6. The third kappa shape index (κ3) is 4.63. The van der Waals surface area contributed by atoms with Crippen LogP contribution in [0.1, 0.15) is 31.1 Å². The van der Waals surface area contributed by atoms with Crippen molar-refractivity contribution in [2.45, 2.75) is 37.9 Å². The summed E-state index contributed by atoms with van der Waals surface area (Å²) >= 11 is 1.35. The van der Waals surface area contributed by atoms with Crippen molar-refractivity contribution in [2.75, 3.05) is 25.0 Å². The molecule has 2 atom stereocenters. The van der Waals surface area contributed by atoms with Crippen LogP contribution in [0.5, 0.6) is 5.75 Å². The number of anilines is 1. The summed E-state index contributed by atoms with van der Waals surface area (Å²) in [5, 5.41) is 3.24. The number of nitrogens with zero attached hydrogens (tertiary/aromatic N) is 2. The van der Waals surface area contributed by atoms with Crippen molar-refractivity contribution in [3.63, 3.8) is 0 Å². The van der Waals surface area contributed by atoms with Gasteiger partial charge in [-0.3, -0.25) is 10.1 Å². The lowest BCUT2D eigenvalue weighted by molar-refractivity contribution is -0.0440. The molecule has 32 heavy (non-hydrogen) atoms. The van der Waals surface area contributed by atoms with Gasteiger partial charge in [0.25, 0.3) is 5.91 Å². The summed E-state index contributed by atoms with van der Waals surface area (Å²) in [4.78, 5) is 17.3. The van der Waals surface area contributed by atoms with Crippen molar-refractivity contribution in [1.29, 1.82) is 0 Å². The predicted molar refractivity (Wildman–Crippen MR) is 124 cm³/mol. The number of para-hydroxylation sites is 1. The van der Waals surface area contributed by atoms with E-state index in [0.29, 0.717) is 41.7 Å². The Morgan fingerprint density at radius 2 is 1.88 bits per heavy atom. The molecule has 0 saturated carbocycles. The fourth-order valence-electron chi connectivity index (χ4n) is 3.67. The number of ether oxygens (including phenoxy) is 2. The Morgan fingerprint density at radius 1 is 1.19 bits per heavy atom. The second-order valence-electron chi connectivity index (χ2n) is 7.61. The number of thiazole rings is 1. The van der Waals surface area contributed by atoms with Crippen LogP contribution in [-0.4, -0.2) is 55.5 Å². The second-order valence-corrected chi connectivity index (χ2v) is 10.6. The van der Waals surface area contributed by atoms with E-state index >= 15 is 0 Å². The highest BCUT2D eigenvalue weighted by Gasteiger charge is 2.32. The van der Waals surface area contributed by atoms with Crippen molar-refractivity contribution in [1.82, 2.24) is 9.29 Å². The highest BCUT2D eigenvalue weighted by molar-refractivity contribution is 7.89. The minimum atomic E-state index is -3.66. The molecule has 3 aromatic rings. The van der Waals surface area contributed by atoms with Gasteiger partial charge < -0.3 is 9.47 Å². The molecule has 8 nitrogen and oxygen atoms in total. The molecule has 170 valence electrons. The van der Waals surface area contributed by atoms with Crippen LogP contribution in [0.4, 0.5) is 5.13 Å². The Morgan fingerprint density at radius 3 is 2.53 bits per heavy atom. The normalized spacial score (nSPS) is 19.7. The summed E-state index contributed by atoms with van der Waals surface area (Å²) in [7, 11) is -3.66. The van der Waals surface area contributed by atoms with Crippen LogP contribution in [0.2, 0.25) is 0 Å². The summed E-state index contributed by atoms with van der Waals surface area (Å²) in [6, 6.07) is 11.6. The molecule has 2 heterocycles. The zero-order valence-corrected chi connectivity index (χ0v) is 19.7. The van der Waals surface area contributed by atoms with Crippen molar-refractivity contribution in [3.8, 4) is 5.75 Å². The smallest absolute Gasteiger partial charge is 0.257 e. The highest BCUT2D eigenvalue weighted by atomic mass is 32.2. The number of aromatic nitrogens is 1. The quantitative estimate of drug-likeness (QED) is 0.583. The molecule has 1 saturated heterocycles. The van der Waals surface area contributed by atoms with E-state index in [1.54, 1.807) is 0 Å². The van der Waals surface area contributed by atoms with E-state index in [4.69, 9.17) is 9.47 Å². The minimum absolute atomic E-state index is 0.150. The zero-order chi connectivity index (χ0) is 22.9. The Bertz CT molecular complexity index is 1210. The molecular formula is C22H25N3O5S2. The van der Waals surface area contributed by atoms with Gasteiger partial charge in [-0.1, -0.05) is 17.4 Å². The molecule has 1 aromatic heterocycles. The van der Waals surface area contributed by atoms with Crippen LogP contribution in [0.25, 0.3) is 10.2 Å². The van der Waals surface area contributed by atoms with Gasteiger partial charge in [-0.25, -0.2) is 13.4 Å². The van der Waals surface area contributed by atoms with Crippen LogP contribution in [-0.2, 0) is 14.8 Å². The molecule has 1 N–H and O–H groups in total. The molecule has 1 fully saturated rings. The molecule has 0 aliphatic carbocycles. The van der Waals surface area contributed by atoms with Crippen LogP contribution in [0, 0.1) is 0 Å². The molecule has 1 amide bonds. The van der Waals surface area contributed by atoms with Crippen LogP contribution >= 0.6 is 11.3 Å². The minimum Gasteiger partial charge on any atom is -0.492 e. The van der Waals surface area contributed by atoms with E-state index in [1.165, 1.54) is 39.9 Å². The first kappa shape index (κ1) is 22.7. The average Bonchev–Trinajstić information content (AvgIpc) is 3.17. The standard InChI is InChI=1S/C22H25N3O5S2/c1-4-29-18-6-5-7-19-20(18)23-22(31-19)24-21(26)16-8-10-17(11-9-16)32(27,28)25-12-14(2)30-15(3)13-25/h5-11,14-15H,4,12-13H2,1-3H3,(H,23,24,26)/t14-,15+. The van der Waals surface area contributed by atoms with E-state index in [0.717, 1.165) is 4.70 Å². The molecule has 4 rings (SSSR count). The van der Waals surface area contributed by atoms with Gasteiger partial charge in [-0.15, -0.1) is 0 Å². The Hall–Kier alpha value is -2.53. The number of carbonyl (C=O) groups is 1. The van der Waals surface area contributed by atoms with Gasteiger partial charge in [0.2, 0.25) is 10.0 Å². The summed E-state index contributed by atoms with van der Waals surface area (Å²) < 4.78 is 39.5. The lowest BCUT2D eigenvalue weighted by Crippen LogP contribution is -2.48. The fraction of sp³-hybridized carbons (Fsp3) is 0.364. The monoisotopic (exact) mass is 475 g/mol. The number of amides is 1. The molecule has 0 spiro atoms. The van der Waals surface area contributed by atoms with Gasteiger partial charge in [-0.2, -0.15) is 4.31 Å². The summed E-state index contributed by atoms with van der Waals surface area (Å²) in [6.07, 6.45) is -0.341. The van der Waals surface area contributed by atoms with E-state index in [2.05, 4.69) is 10.3 Å². The van der Waals surface area contributed by atoms with Gasteiger partial charge in [0, 0.05) is 18.7 Å². The number of rotatable bonds is 6. The van der Waals surface area contributed by atoms with Gasteiger partial charge >= 0.3 is 0 Å². The molecule has 0 radical (unpaired) electrons. The van der Waals surface area contributed by atoms with Crippen LogP contribution in [0.15, 0.2) is 47.4 Å². The van der Waals surface area contributed by atoms with Gasteiger partial charge in [0.1, 0.15) is 11.3 Å². The fourth-order valence-corrected chi connectivity index (χ4v) is 6.14. The summed E-state index contributed by atoms with van der Waals surface area (Å²) in [5.41, 5.74) is 1.04. The molecule has 2 aromatic carbocycles. The van der Waals surface area contributed by atoms with Crippen molar-refractivity contribution in [2.24, 2.45) is 0 Å². The van der Waals surface area contributed by atoms with Crippen molar-refractivity contribution >= 4 is 42.6 Å². The molecule has 10 heteroatoms. The average molecular weight is 476 g/mol. The number of hydrogen-bond acceptors (Lipinski definition) is 7. The maximum Gasteiger partial charge on any atom is 0.257 e. The van der Waals surface area contributed by atoms with E-state index in [9.17, 15) is 13.2 Å². The Balaban J connectivity index is 1.50. The maximum atomic E-state index is 13.0. The zero-order valence-electron chi connectivity index (χ0n) is 18.1. The largest absolute Gasteiger partial charge is 0.492 e. The first-order chi connectivity index (χ1) is 15.3. The first-order valence-electron chi connectivity index (χ1n) is 10.4. The number of carbonyl (C=O) groups excluding carboxylic acids is 1. The molecule has 0 unspecified atom stereocenters. The van der Waals surface area contributed by atoms with Crippen LogP contribution in [0.3, 0.4) is 0 Å². The van der Waals surface area contributed by atoms with Gasteiger partial charge in [0.15, 0.2) is 5.13 Å². The van der Waals surface area contributed by atoms with E-state index in [-0.39, 0.29) is 23.0 Å². The third-order valence-electron chi connectivity index (χ3n) is 5.04. The van der Waals surface area contributed by atoms with Crippen LogP contribution < -0.4 is 10.1 Å². The van der Waals surface area contributed by atoms with Crippen molar-refractivity contribution < 1.29 is 22.7 Å².